The molecule has 0 amide bonds. The maximum atomic E-state index is 13.5. The molecule has 1 aromatic heterocycles. The highest BCUT2D eigenvalue weighted by atomic mass is 35.5. The summed E-state index contributed by atoms with van der Waals surface area (Å²) in [6.45, 7) is 4.35. The summed E-state index contributed by atoms with van der Waals surface area (Å²) >= 11 is 12.5. The molecule has 2 aromatic rings. The minimum atomic E-state index is -0.395. The van der Waals surface area contributed by atoms with Gasteiger partial charge in [0.25, 0.3) is 5.56 Å². The molecule has 0 aliphatic carbocycles. The Bertz CT molecular complexity index is 939. The fraction of sp³-hybridized carbons (Fsp3) is 0.524. The topological polar surface area (TPSA) is 77.6 Å². The molecule has 29 heavy (non-hydrogen) atoms. The van der Waals surface area contributed by atoms with Crippen molar-refractivity contribution in [3.63, 3.8) is 0 Å². The molecule has 1 aromatic carbocycles. The molecule has 0 spiro atoms. The summed E-state index contributed by atoms with van der Waals surface area (Å²) in [6.07, 6.45) is 4.59. The van der Waals surface area contributed by atoms with Crippen molar-refractivity contribution in [1.29, 1.82) is 0 Å². The van der Waals surface area contributed by atoms with E-state index in [2.05, 4.69) is 11.8 Å². The first kappa shape index (κ1) is 22.1. The van der Waals surface area contributed by atoms with Gasteiger partial charge in [-0.05, 0) is 31.4 Å². The van der Waals surface area contributed by atoms with Crippen molar-refractivity contribution in [3.8, 4) is 5.75 Å². The number of aldehydes is 1. The van der Waals surface area contributed by atoms with Crippen LogP contribution >= 0.6 is 23.2 Å². The zero-order valence-corrected chi connectivity index (χ0v) is 18.1. The van der Waals surface area contributed by atoms with Gasteiger partial charge in [-0.25, -0.2) is 0 Å². The van der Waals surface area contributed by atoms with Crippen LogP contribution in [-0.2, 0) is 11.3 Å². The molecule has 1 aliphatic rings. The lowest BCUT2D eigenvalue weighted by molar-refractivity contribution is -0.109. The summed E-state index contributed by atoms with van der Waals surface area (Å²) in [5, 5.41) is 1.67. The van der Waals surface area contributed by atoms with Gasteiger partial charge in [0, 0.05) is 31.4 Å². The lowest BCUT2D eigenvalue weighted by Crippen LogP contribution is -2.39. The number of unbranched alkanes of at least 4 members (excludes halogenated alkanes) is 1. The molecule has 6 nitrogen and oxygen atoms in total. The van der Waals surface area contributed by atoms with E-state index in [-0.39, 0.29) is 18.5 Å². The summed E-state index contributed by atoms with van der Waals surface area (Å²) in [5.41, 5.74) is 6.45. The van der Waals surface area contributed by atoms with E-state index in [9.17, 15) is 9.59 Å². The number of rotatable bonds is 9. The van der Waals surface area contributed by atoms with E-state index in [0.717, 1.165) is 45.1 Å². The van der Waals surface area contributed by atoms with E-state index >= 15 is 0 Å². The lowest BCUT2D eigenvalue weighted by Gasteiger charge is -2.31. The molecule has 0 radical (unpaired) electrons. The Morgan fingerprint density at radius 3 is 2.45 bits per heavy atom. The second-order valence-corrected chi connectivity index (χ2v) is 8.11. The number of halogens is 2. The van der Waals surface area contributed by atoms with Crippen LogP contribution in [-0.4, -0.2) is 35.4 Å². The third-order valence-electron chi connectivity index (χ3n) is 5.41. The average molecular weight is 440 g/mol. The molecule has 1 atom stereocenters. The predicted octanol–water partition coefficient (Wildman–Crippen LogP) is 4.13. The summed E-state index contributed by atoms with van der Waals surface area (Å²) in [5.74, 6) is 0.546. The quantitative estimate of drug-likeness (QED) is 0.469. The minimum absolute atomic E-state index is 0.107. The lowest BCUT2D eigenvalue weighted by atomic mass is 10.1. The van der Waals surface area contributed by atoms with Gasteiger partial charge in [0.05, 0.1) is 33.9 Å². The van der Waals surface area contributed by atoms with Crippen LogP contribution in [0.4, 0.5) is 0 Å². The van der Waals surface area contributed by atoms with Crippen molar-refractivity contribution in [3.05, 3.63) is 38.2 Å². The van der Waals surface area contributed by atoms with E-state index < -0.39 is 6.17 Å². The molecule has 1 saturated heterocycles. The van der Waals surface area contributed by atoms with Gasteiger partial charge in [-0.2, -0.15) is 0 Å². The molecule has 0 bridgehead atoms. The first-order chi connectivity index (χ1) is 14.0. The number of aromatic nitrogens is 1. The number of carbonyl (C=O) groups excluding carboxylic acids is 1. The number of nitrogens with zero attached hydrogens (tertiary/aromatic N) is 2. The molecule has 1 unspecified atom stereocenters. The zero-order valence-electron chi connectivity index (χ0n) is 16.6. The molecule has 3 rings (SSSR count). The SMILES string of the molecule is CCCCOc1c(CN)n(C(CC=O)N2CCCC2)c(=O)c2cc(Cl)c(Cl)cc12. The van der Waals surface area contributed by atoms with Gasteiger partial charge < -0.3 is 15.3 Å². The van der Waals surface area contributed by atoms with Gasteiger partial charge in [-0.3, -0.25) is 14.3 Å². The molecule has 2 heterocycles. The van der Waals surface area contributed by atoms with Crippen molar-refractivity contribution in [2.24, 2.45) is 5.73 Å². The van der Waals surface area contributed by atoms with Crippen LogP contribution in [0.5, 0.6) is 5.75 Å². The van der Waals surface area contributed by atoms with Gasteiger partial charge in [0.2, 0.25) is 0 Å². The fourth-order valence-electron chi connectivity index (χ4n) is 3.96. The number of fused-ring (bicyclic) bond motifs is 1. The Labute approximate surface area is 180 Å². The number of carbonyl (C=O) groups is 1. The number of hydrogen-bond donors (Lipinski definition) is 1. The molecular formula is C21H27Cl2N3O3. The van der Waals surface area contributed by atoms with Crippen LogP contribution in [0, 0.1) is 0 Å². The smallest absolute Gasteiger partial charge is 0.260 e. The Balaban J connectivity index is 2.29. The van der Waals surface area contributed by atoms with Crippen molar-refractivity contribution in [1.82, 2.24) is 9.47 Å². The number of ether oxygens (including phenoxy) is 1. The van der Waals surface area contributed by atoms with Crippen LogP contribution < -0.4 is 16.0 Å². The normalized spacial score (nSPS) is 15.7. The number of likely N-dealkylation sites (tertiary alicyclic amines) is 1. The largest absolute Gasteiger partial charge is 0.491 e. The van der Waals surface area contributed by atoms with E-state index in [1.165, 1.54) is 0 Å². The maximum Gasteiger partial charge on any atom is 0.260 e. The first-order valence-corrected chi connectivity index (χ1v) is 10.9. The van der Waals surface area contributed by atoms with Gasteiger partial charge in [-0.1, -0.05) is 36.5 Å². The number of hydrogen-bond acceptors (Lipinski definition) is 5. The Kier molecular flexibility index (Phi) is 7.57. The third-order valence-corrected chi connectivity index (χ3v) is 6.13. The van der Waals surface area contributed by atoms with Gasteiger partial charge in [0.15, 0.2) is 0 Å². The summed E-state index contributed by atoms with van der Waals surface area (Å²) in [6, 6.07) is 3.24. The van der Waals surface area contributed by atoms with Gasteiger partial charge in [0.1, 0.15) is 12.0 Å². The highest BCUT2D eigenvalue weighted by Gasteiger charge is 2.29. The zero-order chi connectivity index (χ0) is 21.0. The van der Waals surface area contributed by atoms with Crippen LogP contribution in [0.15, 0.2) is 16.9 Å². The highest BCUT2D eigenvalue weighted by Crippen LogP contribution is 2.36. The second-order valence-electron chi connectivity index (χ2n) is 7.30. The number of benzene rings is 1. The maximum absolute atomic E-state index is 13.5. The van der Waals surface area contributed by atoms with Crippen LogP contribution in [0.25, 0.3) is 10.8 Å². The number of nitrogens with two attached hydrogens (primary N) is 1. The van der Waals surface area contributed by atoms with E-state index in [1.807, 2.05) is 0 Å². The standard InChI is InChI=1S/C21H27Cl2N3O3/c1-2-3-10-29-20-14-11-16(22)17(23)12-15(14)21(28)26(18(20)13-24)19(6-9-27)25-7-4-5-8-25/h9,11-12,19H,2-8,10,13,24H2,1H3. The van der Waals surface area contributed by atoms with E-state index in [1.54, 1.807) is 16.7 Å². The molecular weight excluding hydrogens is 413 g/mol. The first-order valence-electron chi connectivity index (χ1n) is 10.1. The van der Waals surface area contributed by atoms with Gasteiger partial charge in [-0.15, -0.1) is 0 Å². The second kappa shape index (κ2) is 9.94. The average Bonchev–Trinajstić information content (AvgIpc) is 3.24. The predicted molar refractivity (Wildman–Crippen MR) is 117 cm³/mol. The Morgan fingerprint density at radius 2 is 1.86 bits per heavy atom. The van der Waals surface area contributed by atoms with Gasteiger partial charge >= 0.3 is 0 Å². The highest BCUT2D eigenvalue weighted by molar-refractivity contribution is 6.42. The Morgan fingerprint density at radius 1 is 1.21 bits per heavy atom. The Hall–Kier alpha value is -1.60. The van der Waals surface area contributed by atoms with Crippen molar-refractivity contribution in [2.45, 2.75) is 51.7 Å². The third kappa shape index (κ3) is 4.45. The van der Waals surface area contributed by atoms with Crippen molar-refractivity contribution < 1.29 is 9.53 Å². The van der Waals surface area contributed by atoms with Crippen molar-refractivity contribution >= 4 is 40.3 Å². The minimum Gasteiger partial charge on any atom is -0.491 e. The van der Waals surface area contributed by atoms with E-state index in [4.69, 9.17) is 33.7 Å². The fourth-order valence-corrected chi connectivity index (χ4v) is 4.29. The van der Waals surface area contributed by atoms with Crippen LogP contribution in [0.2, 0.25) is 10.0 Å². The molecule has 1 fully saturated rings. The van der Waals surface area contributed by atoms with Crippen LogP contribution in [0.3, 0.4) is 0 Å². The van der Waals surface area contributed by atoms with Crippen LogP contribution in [0.1, 0.15) is 50.9 Å². The molecule has 158 valence electrons. The summed E-state index contributed by atoms with van der Waals surface area (Å²) < 4.78 is 7.75. The molecule has 8 heteroatoms. The monoisotopic (exact) mass is 439 g/mol. The molecule has 1 aliphatic heterocycles. The molecule has 2 N–H and O–H groups in total. The van der Waals surface area contributed by atoms with Crippen molar-refractivity contribution in [2.75, 3.05) is 19.7 Å². The summed E-state index contributed by atoms with van der Waals surface area (Å²) in [7, 11) is 0. The molecule has 0 saturated carbocycles. The number of pyridine rings is 1. The van der Waals surface area contributed by atoms with E-state index in [0.29, 0.717) is 38.9 Å². The summed E-state index contributed by atoms with van der Waals surface area (Å²) in [4.78, 5) is 27.2.